The van der Waals surface area contributed by atoms with E-state index in [1.807, 2.05) is 0 Å². The number of alkyl halides is 7. The van der Waals surface area contributed by atoms with E-state index in [-0.39, 0.29) is 29.0 Å². The van der Waals surface area contributed by atoms with E-state index < -0.39 is 23.5 Å². The molecule has 0 amide bonds. The summed E-state index contributed by atoms with van der Waals surface area (Å²) in [6, 6.07) is 2.38. The lowest BCUT2D eigenvalue weighted by Crippen LogP contribution is -2.11. The Bertz CT molecular complexity index is 614. The molecule has 114 valence electrons. The van der Waals surface area contributed by atoms with Gasteiger partial charge in [0, 0.05) is 11.6 Å². The Balaban J connectivity index is 2.60. The average Bonchev–Trinajstić information content (AvgIpc) is 2.85. The van der Waals surface area contributed by atoms with Crippen LogP contribution in [0, 0.1) is 0 Å². The molecule has 0 aliphatic heterocycles. The van der Waals surface area contributed by atoms with Crippen LogP contribution in [0.5, 0.6) is 0 Å². The Labute approximate surface area is 119 Å². The fourth-order valence-corrected chi connectivity index (χ4v) is 1.74. The highest BCUT2D eigenvalue weighted by molar-refractivity contribution is 6.16. The average molecular weight is 330 g/mol. The minimum absolute atomic E-state index is 0.0477. The van der Waals surface area contributed by atoms with Gasteiger partial charge >= 0.3 is 12.4 Å². The van der Waals surface area contributed by atoms with Crippen LogP contribution in [0.1, 0.15) is 16.9 Å². The molecular formula is C12H6ClF6NO. The molecule has 0 aliphatic carbocycles. The highest BCUT2D eigenvalue weighted by Crippen LogP contribution is 2.38. The molecule has 0 radical (unpaired) electrons. The highest BCUT2D eigenvalue weighted by Gasteiger charge is 2.37. The van der Waals surface area contributed by atoms with Crippen molar-refractivity contribution < 1.29 is 30.9 Å². The molecule has 0 unspecified atom stereocenters. The lowest BCUT2D eigenvalue weighted by molar-refractivity contribution is -0.143. The minimum Gasteiger partial charge on any atom is -0.359 e. The summed E-state index contributed by atoms with van der Waals surface area (Å²) in [4.78, 5) is 0. The van der Waals surface area contributed by atoms with Gasteiger partial charge in [-0.1, -0.05) is 5.16 Å². The van der Waals surface area contributed by atoms with E-state index in [0.29, 0.717) is 12.1 Å². The third-order valence-electron chi connectivity index (χ3n) is 2.57. The van der Waals surface area contributed by atoms with Gasteiger partial charge in [-0.25, -0.2) is 0 Å². The summed E-state index contributed by atoms with van der Waals surface area (Å²) in [5.74, 6) is 0.0376. The van der Waals surface area contributed by atoms with Crippen LogP contribution in [-0.2, 0) is 18.2 Å². The molecule has 1 heterocycles. The van der Waals surface area contributed by atoms with Crippen molar-refractivity contribution in [3.8, 4) is 11.3 Å². The van der Waals surface area contributed by atoms with Crippen molar-refractivity contribution in [2.24, 2.45) is 0 Å². The van der Waals surface area contributed by atoms with E-state index in [9.17, 15) is 26.3 Å². The lowest BCUT2D eigenvalue weighted by atomic mass is 10.0. The van der Waals surface area contributed by atoms with Gasteiger partial charge in [0.25, 0.3) is 0 Å². The maximum absolute atomic E-state index is 12.7. The minimum atomic E-state index is -4.91. The van der Waals surface area contributed by atoms with Gasteiger partial charge in [0.15, 0.2) is 5.76 Å². The monoisotopic (exact) mass is 329 g/mol. The second-order valence-electron chi connectivity index (χ2n) is 4.11. The number of aromatic nitrogens is 1. The fraction of sp³-hybridized carbons (Fsp3) is 0.250. The topological polar surface area (TPSA) is 26.0 Å². The number of hydrogen-bond acceptors (Lipinski definition) is 2. The van der Waals surface area contributed by atoms with Crippen LogP contribution < -0.4 is 0 Å². The standard InChI is InChI=1S/C12H6ClF6NO/c13-5-9-4-10(20-21-9)6-1-7(11(14,15)16)3-8(2-6)12(17,18)19/h1-4H,5H2. The Morgan fingerprint density at radius 3 is 1.81 bits per heavy atom. The second-order valence-corrected chi connectivity index (χ2v) is 4.37. The normalized spacial score (nSPS) is 12.7. The Kier molecular flexibility index (Phi) is 3.92. The Morgan fingerprint density at radius 1 is 0.905 bits per heavy atom. The molecule has 2 rings (SSSR count). The summed E-state index contributed by atoms with van der Waals surface area (Å²) in [7, 11) is 0. The molecule has 21 heavy (non-hydrogen) atoms. The van der Waals surface area contributed by atoms with Gasteiger partial charge in [-0.2, -0.15) is 26.3 Å². The van der Waals surface area contributed by atoms with Gasteiger partial charge in [0.05, 0.1) is 17.0 Å². The van der Waals surface area contributed by atoms with E-state index >= 15 is 0 Å². The molecule has 0 atom stereocenters. The number of hydrogen-bond donors (Lipinski definition) is 0. The van der Waals surface area contributed by atoms with Crippen LogP contribution >= 0.6 is 11.6 Å². The molecule has 1 aromatic carbocycles. The number of nitrogens with zero attached hydrogens (tertiary/aromatic N) is 1. The molecule has 0 saturated heterocycles. The first-order valence-electron chi connectivity index (χ1n) is 5.42. The largest absolute Gasteiger partial charge is 0.416 e. The quantitative estimate of drug-likeness (QED) is 0.564. The lowest BCUT2D eigenvalue weighted by Gasteiger charge is -2.13. The first-order valence-corrected chi connectivity index (χ1v) is 5.96. The smallest absolute Gasteiger partial charge is 0.359 e. The maximum Gasteiger partial charge on any atom is 0.416 e. The molecule has 1 aromatic heterocycles. The zero-order chi connectivity index (χ0) is 15.8. The van der Waals surface area contributed by atoms with E-state index in [1.165, 1.54) is 6.07 Å². The predicted molar refractivity (Wildman–Crippen MR) is 61.5 cm³/mol. The molecule has 0 fully saturated rings. The third kappa shape index (κ3) is 3.49. The van der Waals surface area contributed by atoms with Gasteiger partial charge in [-0.05, 0) is 18.2 Å². The fourth-order valence-electron chi connectivity index (χ4n) is 1.61. The van der Waals surface area contributed by atoms with Crippen LogP contribution in [-0.4, -0.2) is 5.16 Å². The molecule has 0 saturated carbocycles. The van der Waals surface area contributed by atoms with Crippen molar-refractivity contribution in [2.45, 2.75) is 18.2 Å². The van der Waals surface area contributed by atoms with Crippen molar-refractivity contribution in [1.82, 2.24) is 5.16 Å². The predicted octanol–water partition coefficient (Wildman–Crippen LogP) is 5.12. The van der Waals surface area contributed by atoms with Crippen molar-refractivity contribution in [2.75, 3.05) is 0 Å². The summed E-state index contributed by atoms with van der Waals surface area (Å²) >= 11 is 5.44. The summed E-state index contributed by atoms with van der Waals surface area (Å²) in [6.45, 7) is 0. The van der Waals surface area contributed by atoms with Crippen LogP contribution in [0.2, 0.25) is 0 Å². The number of rotatable bonds is 2. The molecule has 9 heteroatoms. The van der Waals surface area contributed by atoms with E-state index in [4.69, 9.17) is 11.6 Å². The third-order valence-corrected chi connectivity index (χ3v) is 2.84. The van der Waals surface area contributed by atoms with Crippen LogP contribution in [0.3, 0.4) is 0 Å². The van der Waals surface area contributed by atoms with Crippen molar-refractivity contribution in [3.63, 3.8) is 0 Å². The maximum atomic E-state index is 12.7. The van der Waals surface area contributed by atoms with Gasteiger partial charge in [-0.15, -0.1) is 11.6 Å². The van der Waals surface area contributed by atoms with E-state index in [2.05, 4.69) is 9.68 Å². The Hall–Kier alpha value is -1.70. The molecule has 2 aromatic rings. The molecule has 0 bridgehead atoms. The molecule has 0 spiro atoms. The highest BCUT2D eigenvalue weighted by atomic mass is 35.5. The second kappa shape index (κ2) is 5.25. The van der Waals surface area contributed by atoms with Gasteiger partial charge in [0.1, 0.15) is 5.69 Å². The van der Waals surface area contributed by atoms with Crippen LogP contribution in [0.25, 0.3) is 11.3 Å². The van der Waals surface area contributed by atoms with Gasteiger partial charge in [-0.3, -0.25) is 0 Å². The molecule has 2 nitrogen and oxygen atoms in total. The van der Waals surface area contributed by atoms with Crippen LogP contribution in [0.15, 0.2) is 28.8 Å². The number of benzene rings is 1. The van der Waals surface area contributed by atoms with E-state index in [0.717, 1.165) is 0 Å². The molecule has 0 N–H and O–H groups in total. The van der Waals surface area contributed by atoms with Crippen LogP contribution in [0.4, 0.5) is 26.3 Å². The first-order chi connectivity index (χ1) is 9.61. The first kappa shape index (κ1) is 15.7. The van der Waals surface area contributed by atoms with Gasteiger partial charge < -0.3 is 4.52 Å². The summed E-state index contributed by atoms with van der Waals surface area (Å²) < 4.78 is 80.8. The van der Waals surface area contributed by atoms with E-state index in [1.54, 1.807) is 0 Å². The summed E-state index contributed by atoms with van der Waals surface area (Å²) in [5.41, 5.74) is -3.33. The van der Waals surface area contributed by atoms with Crippen molar-refractivity contribution >= 4 is 11.6 Å². The number of halogens is 7. The molecular weight excluding hydrogens is 324 g/mol. The Morgan fingerprint density at radius 2 is 1.43 bits per heavy atom. The summed E-state index contributed by atoms with van der Waals surface area (Å²) in [5, 5.41) is 3.41. The zero-order valence-corrected chi connectivity index (χ0v) is 10.8. The zero-order valence-electron chi connectivity index (χ0n) is 10.0. The SMILES string of the molecule is FC(F)(F)c1cc(-c2cc(CCl)on2)cc(C(F)(F)F)c1. The molecule has 0 aliphatic rings. The van der Waals surface area contributed by atoms with Gasteiger partial charge in [0.2, 0.25) is 0 Å². The van der Waals surface area contributed by atoms with Crippen molar-refractivity contribution in [1.29, 1.82) is 0 Å². The summed E-state index contributed by atoms with van der Waals surface area (Å²) in [6.07, 6.45) is -9.82. The van der Waals surface area contributed by atoms with Crippen molar-refractivity contribution in [3.05, 3.63) is 41.2 Å².